The van der Waals surface area contributed by atoms with Crippen LogP contribution < -0.4 is 4.74 Å². The number of carbonyl (C=O) groups is 2. The summed E-state index contributed by atoms with van der Waals surface area (Å²) < 4.78 is 10.3. The van der Waals surface area contributed by atoms with E-state index in [1.165, 1.54) is 18.4 Å². The summed E-state index contributed by atoms with van der Waals surface area (Å²) in [7, 11) is 1.33. The molecule has 144 valence electrons. The highest BCUT2D eigenvalue weighted by Crippen LogP contribution is 2.30. The van der Waals surface area contributed by atoms with E-state index in [9.17, 15) is 9.59 Å². The van der Waals surface area contributed by atoms with E-state index in [0.717, 1.165) is 36.4 Å². The van der Waals surface area contributed by atoms with Crippen LogP contribution in [-0.4, -0.2) is 41.5 Å². The fraction of sp³-hybridized carbons (Fsp3) is 0.450. The lowest BCUT2D eigenvalue weighted by Crippen LogP contribution is -2.32. The van der Waals surface area contributed by atoms with Gasteiger partial charge in [0.05, 0.1) is 20.3 Å². The summed E-state index contributed by atoms with van der Waals surface area (Å²) in [5.74, 6) is 0.300. The van der Waals surface area contributed by atoms with Gasteiger partial charge in [-0.1, -0.05) is 13.3 Å². The lowest BCUT2D eigenvalue weighted by atomic mass is 10.2. The molecule has 0 aliphatic heterocycles. The Kier molecular flexibility index (Phi) is 6.45. The first-order valence-corrected chi connectivity index (χ1v) is 10.1. The minimum atomic E-state index is -0.458. The van der Waals surface area contributed by atoms with Crippen molar-refractivity contribution >= 4 is 23.2 Å². The van der Waals surface area contributed by atoms with Gasteiger partial charge in [-0.2, -0.15) is 0 Å². The van der Waals surface area contributed by atoms with Gasteiger partial charge >= 0.3 is 5.97 Å². The van der Waals surface area contributed by atoms with Crippen molar-refractivity contribution in [3.63, 3.8) is 0 Å². The van der Waals surface area contributed by atoms with Gasteiger partial charge < -0.3 is 14.4 Å². The molecular weight excluding hydrogens is 364 g/mol. The van der Waals surface area contributed by atoms with E-state index in [0.29, 0.717) is 18.7 Å². The molecule has 1 saturated carbocycles. The third-order valence-corrected chi connectivity index (χ3v) is 5.20. The smallest absolute Gasteiger partial charge is 0.357 e. The zero-order valence-corrected chi connectivity index (χ0v) is 16.5. The first kappa shape index (κ1) is 19.4. The topological polar surface area (TPSA) is 68.7 Å². The molecule has 2 aromatic rings. The van der Waals surface area contributed by atoms with Crippen LogP contribution in [0.2, 0.25) is 0 Å². The zero-order chi connectivity index (χ0) is 19.2. The minimum Gasteiger partial charge on any atom is -0.494 e. The predicted molar refractivity (Wildman–Crippen MR) is 103 cm³/mol. The van der Waals surface area contributed by atoms with Crippen molar-refractivity contribution < 1.29 is 19.1 Å². The fourth-order valence-electron chi connectivity index (χ4n) is 2.67. The molecule has 1 aliphatic rings. The van der Waals surface area contributed by atoms with Gasteiger partial charge in [0.15, 0.2) is 5.69 Å². The van der Waals surface area contributed by atoms with Gasteiger partial charge in [-0.05, 0) is 43.5 Å². The Morgan fingerprint density at radius 3 is 2.63 bits per heavy atom. The first-order valence-electron chi connectivity index (χ1n) is 9.19. The Balaban J connectivity index is 1.67. The third kappa shape index (κ3) is 5.07. The molecule has 0 bridgehead atoms. The summed E-state index contributed by atoms with van der Waals surface area (Å²) in [6.07, 6.45) is 4.09. The van der Waals surface area contributed by atoms with Crippen molar-refractivity contribution in [2.24, 2.45) is 0 Å². The average molecular weight is 388 g/mol. The maximum absolute atomic E-state index is 13.0. The fourth-order valence-corrected chi connectivity index (χ4v) is 3.44. The predicted octanol–water partition coefficient (Wildman–Crippen LogP) is 3.91. The summed E-state index contributed by atoms with van der Waals surface area (Å²) >= 11 is 1.37. The largest absolute Gasteiger partial charge is 0.494 e. The van der Waals surface area contributed by atoms with Crippen LogP contribution in [0.15, 0.2) is 29.6 Å². The molecule has 0 atom stereocenters. The Bertz CT molecular complexity index is 784. The van der Waals surface area contributed by atoms with E-state index in [-0.39, 0.29) is 17.6 Å². The number of aromatic nitrogens is 1. The highest BCUT2D eigenvalue weighted by Gasteiger charge is 2.33. The summed E-state index contributed by atoms with van der Waals surface area (Å²) in [5.41, 5.74) is 0.920. The van der Waals surface area contributed by atoms with Crippen molar-refractivity contribution in [2.75, 3.05) is 13.7 Å². The van der Waals surface area contributed by atoms with Crippen LogP contribution in [0, 0.1) is 0 Å². The van der Waals surface area contributed by atoms with Crippen LogP contribution in [0.25, 0.3) is 0 Å². The lowest BCUT2D eigenvalue weighted by molar-refractivity contribution is 0.0594. The van der Waals surface area contributed by atoms with E-state index in [2.05, 4.69) is 11.9 Å². The quantitative estimate of drug-likeness (QED) is 0.481. The number of thiazole rings is 1. The number of unbranched alkanes of at least 4 members (excludes halogenated alkanes) is 1. The van der Waals surface area contributed by atoms with Gasteiger partial charge in [0.1, 0.15) is 10.8 Å². The summed E-state index contributed by atoms with van der Waals surface area (Å²) in [6.45, 7) is 3.21. The number of ether oxygens (including phenoxy) is 2. The second-order valence-electron chi connectivity index (χ2n) is 6.51. The molecule has 27 heavy (non-hydrogen) atoms. The number of hydrogen-bond acceptors (Lipinski definition) is 6. The molecule has 1 fully saturated rings. The van der Waals surface area contributed by atoms with Crippen LogP contribution in [0.3, 0.4) is 0 Å². The van der Waals surface area contributed by atoms with Crippen LogP contribution in [0.1, 0.15) is 58.5 Å². The molecule has 7 heteroatoms. The second kappa shape index (κ2) is 8.99. The molecule has 3 rings (SSSR count). The van der Waals surface area contributed by atoms with Crippen molar-refractivity contribution in [2.45, 2.75) is 45.2 Å². The molecule has 1 aromatic heterocycles. The number of nitrogens with zero attached hydrogens (tertiary/aromatic N) is 2. The van der Waals surface area contributed by atoms with E-state index < -0.39 is 5.97 Å². The average Bonchev–Trinajstić information content (AvgIpc) is 3.43. The Hall–Kier alpha value is -2.41. The number of esters is 1. The molecule has 0 N–H and O–H groups in total. The normalized spacial score (nSPS) is 13.3. The number of rotatable bonds is 9. The lowest BCUT2D eigenvalue weighted by Gasteiger charge is -2.21. The monoisotopic (exact) mass is 388 g/mol. The van der Waals surface area contributed by atoms with E-state index in [1.807, 2.05) is 17.0 Å². The van der Waals surface area contributed by atoms with Gasteiger partial charge in [-0.15, -0.1) is 11.3 Å². The highest BCUT2D eigenvalue weighted by molar-refractivity contribution is 7.09. The maximum Gasteiger partial charge on any atom is 0.357 e. The zero-order valence-electron chi connectivity index (χ0n) is 15.6. The van der Waals surface area contributed by atoms with Crippen LogP contribution in [0.5, 0.6) is 5.75 Å². The molecule has 0 radical (unpaired) electrons. The molecule has 1 aliphatic carbocycles. The summed E-state index contributed by atoms with van der Waals surface area (Å²) in [4.78, 5) is 30.7. The van der Waals surface area contributed by atoms with Crippen molar-refractivity contribution in [1.82, 2.24) is 9.88 Å². The van der Waals surface area contributed by atoms with Crippen molar-refractivity contribution in [3.8, 4) is 5.75 Å². The molecule has 1 aromatic carbocycles. The standard InChI is InChI=1S/C20H24N2O4S/c1-3-4-11-26-16-9-5-14(6-10-16)19(23)22(15-7-8-15)12-18-21-17(13-27-18)20(24)25-2/h5-6,9-10,13,15H,3-4,7-8,11-12H2,1-2H3. The van der Waals surface area contributed by atoms with E-state index >= 15 is 0 Å². The number of carbonyl (C=O) groups excluding carboxylic acids is 2. The van der Waals surface area contributed by atoms with E-state index in [1.54, 1.807) is 17.5 Å². The van der Waals surface area contributed by atoms with Crippen LogP contribution in [0.4, 0.5) is 0 Å². The van der Waals surface area contributed by atoms with Gasteiger partial charge in [0, 0.05) is 17.0 Å². The summed E-state index contributed by atoms with van der Waals surface area (Å²) in [6, 6.07) is 7.53. The van der Waals surface area contributed by atoms with Crippen LogP contribution >= 0.6 is 11.3 Å². The SMILES string of the molecule is CCCCOc1ccc(C(=O)N(Cc2nc(C(=O)OC)cs2)C2CC2)cc1. The molecule has 6 nitrogen and oxygen atoms in total. The number of methoxy groups -OCH3 is 1. The molecule has 0 saturated heterocycles. The minimum absolute atomic E-state index is 0.0209. The number of amides is 1. The van der Waals surface area contributed by atoms with Crippen molar-refractivity contribution in [3.05, 3.63) is 45.9 Å². The van der Waals surface area contributed by atoms with E-state index in [4.69, 9.17) is 9.47 Å². The number of benzene rings is 1. The molecule has 1 heterocycles. The highest BCUT2D eigenvalue weighted by atomic mass is 32.1. The Morgan fingerprint density at radius 2 is 2.00 bits per heavy atom. The van der Waals surface area contributed by atoms with Gasteiger partial charge in [-0.25, -0.2) is 9.78 Å². The van der Waals surface area contributed by atoms with Gasteiger partial charge in [0.25, 0.3) is 5.91 Å². The second-order valence-corrected chi connectivity index (χ2v) is 7.45. The maximum atomic E-state index is 13.0. The summed E-state index contributed by atoms with van der Waals surface area (Å²) in [5, 5.41) is 2.40. The molecule has 0 unspecified atom stereocenters. The molecule has 0 spiro atoms. The molecule has 1 amide bonds. The first-order chi connectivity index (χ1) is 13.1. The third-order valence-electron chi connectivity index (χ3n) is 4.37. The van der Waals surface area contributed by atoms with Crippen LogP contribution in [-0.2, 0) is 11.3 Å². The van der Waals surface area contributed by atoms with Gasteiger partial charge in [0.2, 0.25) is 0 Å². The Labute approximate surface area is 163 Å². The molecular formula is C20H24N2O4S. The van der Waals surface area contributed by atoms with Gasteiger partial charge in [-0.3, -0.25) is 4.79 Å². The Morgan fingerprint density at radius 1 is 1.26 bits per heavy atom. The number of hydrogen-bond donors (Lipinski definition) is 0. The van der Waals surface area contributed by atoms with Crippen molar-refractivity contribution in [1.29, 1.82) is 0 Å².